The zero-order valence-corrected chi connectivity index (χ0v) is 8.94. The summed E-state index contributed by atoms with van der Waals surface area (Å²) in [7, 11) is 0. The molecule has 0 saturated carbocycles. The van der Waals surface area contributed by atoms with E-state index in [2.05, 4.69) is 14.9 Å². The lowest BCUT2D eigenvalue weighted by Crippen LogP contribution is -2.20. The van der Waals surface area contributed by atoms with E-state index in [9.17, 15) is 4.79 Å². The van der Waals surface area contributed by atoms with E-state index in [1.165, 1.54) is 12.8 Å². The SMILES string of the molecule is CC(=O)Cc1cnc(N2CCCC2)nc1. The maximum absolute atomic E-state index is 10.9. The highest BCUT2D eigenvalue weighted by atomic mass is 16.1. The molecule has 0 radical (unpaired) electrons. The number of ketones is 1. The van der Waals surface area contributed by atoms with Gasteiger partial charge in [0, 0.05) is 31.9 Å². The van der Waals surface area contributed by atoms with E-state index in [1.807, 2.05) is 0 Å². The molecule has 0 atom stereocenters. The molecule has 15 heavy (non-hydrogen) atoms. The van der Waals surface area contributed by atoms with Crippen molar-refractivity contribution in [2.24, 2.45) is 0 Å². The van der Waals surface area contributed by atoms with Crippen LogP contribution in [0.4, 0.5) is 5.95 Å². The van der Waals surface area contributed by atoms with Crippen LogP contribution in [0.5, 0.6) is 0 Å². The van der Waals surface area contributed by atoms with Crippen LogP contribution in [0.3, 0.4) is 0 Å². The minimum absolute atomic E-state index is 0.146. The molecule has 4 heteroatoms. The van der Waals surface area contributed by atoms with Gasteiger partial charge in [0.2, 0.25) is 5.95 Å². The summed E-state index contributed by atoms with van der Waals surface area (Å²) in [4.78, 5) is 21.6. The summed E-state index contributed by atoms with van der Waals surface area (Å²) in [5.41, 5.74) is 0.894. The summed E-state index contributed by atoms with van der Waals surface area (Å²) in [5.74, 6) is 0.937. The molecule has 2 heterocycles. The third kappa shape index (κ3) is 2.52. The van der Waals surface area contributed by atoms with Crippen molar-refractivity contribution in [3.05, 3.63) is 18.0 Å². The van der Waals surface area contributed by atoms with Crippen molar-refractivity contribution in [3.8, 4) is 0 Å². The fraction of sp³-hybridized carbons (Fsp3) is 0.545. The van der Waals surface area contributed by atoms with Gasteiger partial charge in [-0.1, -0.05) is 0 Å². The van der Waals surface area contributed by atoms with Crippen LogP contribution < -0.4 is 4.90 Å². The van der Waals surface area contributed by atoms with Gasteiger partial charge in [0.15, 0.2) is 0 Å². The lowest BCUT2D eigenvalue weighted by molar-refractivity contribution is -0.116. The van der Waals surface area contributed by atoms with E-state index in [4.69, 9.17) is 0 Å². The van der Waals surface area contributed by atoms with Gasteiger partial charge in [0.25, 0.3) is 0 Å². The second-order valence-electron chi connectivity index (χ2n) is 3.96. The predicted octanol–water partition coefficient (Wildman–Crippen LogP) is 1.21. The zero-order chi connectivity index (χ0) is 10.7. The normalized spacial score (nSPS) is 15.7. The second kappa shape index (κ2) is 4.38. The first-order chi connectivity index (χ1) is 7.25. The Bertz CT molecular complexity index is 341. The van der Waals surface area contributed by atoms with Crippen molar-refractivity contribution in [2.45, 2.75) is 26.2 Å². The molecular formula is C11H15N3O. The Morgan fingerprint density at radius 3 is 2.47 bits per heavy atom. The van der Waals surface area contributed by atoms with E-state index in [1.54, 1.807) is 19.3 Å². The van der Waals surface area contributed by atoms with Crippen LogP contribution >= 0.6 is 0 Å². The third-order valence-corrected chi connectivity index (χ3v) is 2.53. The second-order valence-corrected chi connectivity index (χ2v) is 3.96. The molecule has 0 spiro atoms. The largest absolute Gasteiger partial charge is 0.341 e. The number of anilines is 1. The van der Waals surface area contributed by atoms with Gasteiger partial charge in [-0.25, -0.2) is 9.97 Å². The van der Waals surface area contributed by atoms with Gasteiger partial charge in [0.1, 0.15) is 5.78 Å². The molecule has 1 aliphatic rings. The monoisotopic (exact) mass is 205 g/mol. The summed E-state index contributed by atoms with van der Waals surface area (Å²) < 4.78 is 0. The Morgan fingerprint density at radius 1 is 1.33 bits per heavy atom. The van der Waals surface area contributed by atoms with Gasteiger partial charge < -0.3 is 4.90 Å². The quantitative estimate of drug-likeness (QED) is 0.744. The molecule has 0 aromatic carbocycles. The van der Waals surface area contributed by atoms with Crippen LogP contribution in [0.25, 0.3) is 0 Å². The van der Waals surface area contributed by atoms with Crippen molar-refractivity contribution >= 4 is 11.7 Å². The lowest BCUT2D eigenvalue weighted by Gasteiger charge is -2.14. The Morgan fingerprint density at radius 2 is 1.93 bits per heavy atom. The van der Waals surface area contributed by atoms with Gasteiger partial charge >= 0.3 is 0 Å². The van der Waals surface area contributed by atoms with Crippen LogP contribution in [-0.4, -0.2) is 28.8 Å². The standard InChI is InChI=1S/C11H15N3O/c1-9(15)6-10-7-12-11(13-8-10)14-4-2-3-5-14/h7-8H,2-6H2,1H3. The first-order valence-corrected chi connectivity index (χ1v) is 5.31. The number of nitrogens with zero attached hydrogens (tertiary/aromatic N) is 3. The maximum Gasteiger partial charge on any atom is 0.225 e. The van der Waals surface area contributed by atoms with E-state index in [0.717, 1.165) is 24.6 Å². The van der Waals surface area contributed by atoms with E-state index >= 15 is 0 Å². The molecule has 0 unspecified atom stereocenters. The molecule has 0 N–H and O–H groups in total. The number of rotatable bonds is 3. The average Bonchev–Trinajstić information content (AvgIpc) is 2.71. The van der Waals surface area contributed by atoms with Crippen LogP contribution in [0.1, 0.15) is 25.3 Å². The fourth-order valence-electron chi connectivity index (χ4n) is 1.81. The number of hydrogen-bond acceptors (Lipinski definition) is 4. The number of carbonyl (C=O) groups excluding carboxylic acids is 1. The third-order valence-electron chi connectivity index (χ3n) is 2.53. The molecule has 0 amide bonds. The van der Waals surface area contributed by atoms with Crippen molar-refractivity contribution in [1.29, 1.82) is 0 Å². The van der Waals surface area contributed by atoms with Gasteiger partial charge in [-0.15, -0.1) is 0 Å². The van der Waals surface area contributed by atoms with Crippen LogP contribution in [0.15, 0.2) is 12.4 Å². The molecular weight excluding hydrogens is 190 g/mol. The summed E-state index contributed by atoms with van der Waals surface area (Å²) in [6, 6.07) is 0. The molecule has 1 fully saturated rings. The van der Waals surface area contributed by atoms with Crippen molar-refractivity contribution < 1.29 is 4.79 Å². The van der Waals surface area contributed by atoms with Crippen LogP contribution in [-0.2, 0) is 11.2 Å². The number of hydrogen-bond donors (Lipinski definition) is 0. The molecule has 80 valence electrons. The van der Waals surface area contributed by atoms with Crippen molar-refractivity contribution in [1.82, 2.24) is 9.97 Å². The molecule has 1 aromatic rings. The van der Waals surface area contributed by atoms with Crippen molar-refractivity contribution in [3.63, 3.8) is 0 Å². The van der Waals surface area contributed by atoms with Gasteiger partial charge in [-0.3, -0.25) is 4.79 Å². The first kappa shape index (κ1) is 10.1. The summed E-state index contributed by atoms with van der Waals surface area (Å²) >= 11 is 0. The number of aromatic nitrogens is 2. The highest BCUT2D eigenvalue weighted by Gasteiger charge is 2.14. The lowest BCUT2D eigenvalue weighted by atomic mass is 10.2. The molecule has 4 nitrogen and oxygen atoms in total. The van der Waals surface area contributed by atoms with Gasteiger partial charge in [-0.2, -0.15) is 0 Å². The Kier molecular flexibility index (Phi) is 2.94. The highest BCUT2D eigenvalue weighted by Crippen LogP contribution is 2.14. The molecule has 0 bridgehead atoms. The summed E-state index contributed by atoms with van der Waals surface area (Å²) in [6.07, 6.45) is 6.38. The molecule has 1 saturated heterocycles. The summed E-state index contributed by atoms with van der Waals surface area (Å²) in [5, 5.41) is 0. The Labute approximate surface area is 89.3 Å². The topological polar surface area (TPSA) is 46.1 Å². The number of Topliss-reactive ketones (excluding diaryl/α,β-unsaturated/α-hetero) is 1. The minimum atomic E-state index is 0.146. The predicted molar refractivity (Wildman–Crippen MR) is 57.9 cm³/mol. The molecule has 1 aromatic heterocycles. The Balaban J connectivity index is 2.06. The van der Waals surface area contributed by atoms with Gasteiger partial charge in [0.05, 0.1) is 0 Å². The molecule has 2 rings (SSSR count). The minimum Gasteiger partial charge on any atom is -0.341 e. The Hall–Kier alpha value is -1.45. The van der Waals surface area contributed by atoms with E-state index in [0.29, 0.717) is 6.42 Å². The van der Waals surface area contributed by atoms with Crippen molar-refractivity contribution in [2.75, 3.05) is 18.0 Å². The highest BCUT2D eigenvalue weighted by molar-refractivity contribution is 5.77. The maximum atomic E-state index is 10.9. The van der Waals surface area contributed by atoms with E-state index in [-0.39, 0.29) is 5.78 Å². The zero-order valence-electron chi connectivity index (χ0n) is 8.94. The summed E-state index contributed by atoms with van der Waals surface area (Å²) in [6.45, 7) is 3.67. The molecule has 1 aliphatic heterocycles. The molecule has 0 aliphatic carbocycles. The first-order valence-electron chi connectivity index (χ1n) is 5.31. The van der Waals surface area contributed by atoms with Crippen LogP contribution in [0, 0.1) is 0 Å². The fourth-order valence-corrected chi connectivity index (χ4v) is 1.81. The number of carbonyl (C=O) groups is 1. The van der Waals surface area contributed by atoms with Gasteiger partial charge in [-0.05, 0) is 25.3 Å². The average molecular weight is 205 g/mol. The van der Waals surface area contributed by atoms with E-state index < -0.39 is 0 Å². The smallest absolute Gasteiger partial charge is 0.225 e. The van der Waals surface area contributed by atoms with Crippen LogP contribution in [0.2, 0.25) is 0 Å².